The first kappa shape index (κ1) is 13.5. The van der Waals surface area contributed by atoms with Crippen molar-refractivity contribution in [2.45, 2.75) is 32.7 Å². The van der Waals surface area contributed by atoms with Crippen LogP contribution >= 0.6 is 0 Å². The molecule has 0 saturated carbocycles. The first-order valence-electron chi connectivity index (χ1n) is 6.94. The molecule has 1 fully saturated rings. The number of likely N-dealkylation sites (tertiary alicyclic amines) is 1. The van der Waals surface area contributed by atoms with Gasteiger partial charge in [-0.25, -0.2) is 4.39 Å². The smallest absolute Gasteiger partial charge is 0.127 e. The molecule has 0 aliphatic carbocycles. The Bertz CT molecular complexity index is 373. The number of halogens is 1. The Morgan fingerprint density at radius 1 is 1.22 bits per heavy atom. The van der Waals surface area contributed by atoms with Gasteiger partial charge in [0.1, 0.15) is 5.82 Å². The van der Waals surface area contributed by atoms with E-state index in [1.54, 1.807) is 6.07 Å². The lowest BCUT2D eigenvalue weighted by Crippen LogP contribution is -2.35. The van der Waals surface area contributed by atoms with Gasteiger partial charge in [-0.05, 0) is 44.5 Å². The van der Waals surface area contributed by atoms with Crippen molar-refractivity contribution in [2.24, 2.45) is 0 Å². The van der Waals surface area contributed by atoms with Gasteiger partial charge in [-0.3, -0.25) is 0 Å². The van der Waals surface area contributed by atoms with Gasteiger partial charge in [-0.15, -0.1) is 0 Å². The summed E-state index contributed by atoms with van der Waals surface area (Å²) in [5, 5.41) is 3.33. The molecule has 1 saturated heterocycles. The summed E-state index contributed by atoms with van der Waals surface area (Å²) in [6.45, 7) is 7.00. The summed E-state index contributed by atoms with van der Waals surface area (Å²) in [5.41, 5.74) is 1.74. The zero-order valence-corrected chi connectivity index (χ0v) is 11.2. The summed E-state index contributed by atoms with van der Waals surface area (Å²) in [6, 6.07) is 5.44. The molecule has 0 bridgehead atoms. The fourth-order valence-electron chi connectivity index (χ4n) is 2.44. The molecule has 0 amide bonds. The second-order valence-electron chi connectivity index (χ2n) is 5.17. The van der Waals surface area contributed by atoms with Crippen molar-refractivity contribution in [1.82, 2.24) is 10.2 Å². The number of hydrogen-bond acceptors (Lipinski definition) is 2. The maximum atomic E-state index is 13.6. The molecule has 100 valence electrons. The Hall–Kier alpha value is -0.930. The van der Waals surface area contributed by atoms with Crippen molar-refractivity contribution in [1.29, 1.82) is 0 Å². The zero-order valence-electron chi connectivity index (χ0n) is 11.2. The van der Waals surface area contributed by atoms with Crippen molar-refractivity contribution >= 4 is 0 Å². The molecule has 1 heterocycles. The topological polar surface area (TPSA) is 15.3 Å². The Balaban J connectivity index is 1.68. The van der Waals surface area contributed by atoms with E-state index in [9.17, 15) is 4.39 Å². The van der Waals surface area contributed by atoms with Crippen LogP contribution in [0.2, 0.25) is 0 Å². The third-order valence-corrected chi connectivity index (χ3v) is 3.58. The molecule has 1 N–H and O–H groups in total. The van der Waals surface area contributed by atoms with E-state index >= 15 is 0 Å². The molecular weight excluding hydrogens is 227 g/mol. The lowest BCUT2D eigenvalue weighted by Gasteiger charge is -2.26. The van der Waals surface area contributed by atoms with Crippen molar-refractivity contribution < 1.29 is 4.39 Å². The fraction of sp³-hybridized carbons (Fsp3) is 0.600. The summed E-state index contributed by atoms with van der Waals surface area (Å²) in [5.74, 6) is -0.0968. The molecule has 0 spiro atoms. The van der Waals surface area contributed by atoms with Gasteiger partial charge in [0.15, 0.2) is 0 Å². The minimum absolute atomic E-state index is 0.0968. The predicted octanol–water partition coefficient (Wildman–Crippen LogP) is 2.71. The number of nitrogens with one attached hydrogen (secondary N) is 1. The highest BCUT2D eigenvalue weighted by molar-refractivity contribution is 5.23. The molecule has 3 heteroatoms. The van der Waals surface area contributed by atoms with Crippen LogP contribution in [0.15, 0.2) is 18.2 Å². The molecule has 2 nitrogen and oxygen atoms in total. The van der Waals surface area contributed by atoms with E-state index in [-0.39, 0.29) is 5.82 Å². The number of nitrogens with zero attached hydrogens (tertiary/aromatic N) is 1. The van der Waals surface area contributed by atoms with Crippen LogP contribution in [-0.4, -0.2) is 31.1 Å². The monoisotopic (exact) mass is 250 g/mol. The number of benzene rings is 1. The number of piperidine rings is 1. The van der Waals surface area contributed by atoms with Gasteiger partial charge in [-0.2, -0.15) is 0 Å². The Kier molecular flexibility index (Phi) is 5.14. The molecule has 1 aromatic carbocycles. The molecule has 2 rings (SSSR count). The molecule has 0 radical (unpaired) electrons. The highest BCUT2D eigenvalue weighted by Gasteiger charge is 2.09. The van der Waals surface area contributed by atoms with E-state index in [1.807, 2.05) is 19.1 Å². The van der Waals surface area contributed by atoms with E-state index in [0.717, 1.165) is 24.2 Å². The number of rotatable bonds is 5. The molecular formula is C15H23FN2. The minimum atomic E-state index is -0.0968. The van der Waals surface area contributed by atoms with Crippen LogP contribution in [0, 0.1) is 12.7 Å². The SMILES string of the molecule is Cc1ccc(CNCCN2CCCCC2)c(F)c1. The molecule has 0 aromatic heterocycles. The van der Waals surface area contributed by atoms with Crippen molar-refractivity contribution in [3.05, 3.63) is 35.1 Å². The molecule has 1 aliphatic rings. The number of aryl methyl sites for hydroxylation is 1. The highest BCUT2D eigenvalue weighted by Crippen LogP contribution is 2.10. The van der Waals surface area contributed by atoms with Crippen LogP contribution in [0.25, 0.3) is 0 Å². The van der Waals surface area contributed by atoms with E-state index in [0.29, 0.717) is 6.54 Å². The number of hydrogen-bond donors (Lipinski definition) is 1. The van der Waals surface area contributed by atoms with Crippen molar-refractivity contribution in [3.63, 3.8) is 0 Å². The van der Waals surface area contributed by atoms with Gasteiger partial charge in [0.2, 0.25) is 0 Å². The maximum absolute atomic E-state index is 13.6. The first-order chi connectivity index (χ1) is 8.75. The summed E-state index contributed by atoms with van der Waals surface area (Å²) in [7, 11) is 0. The van der Waals surface area contributed by atoms with Crippen LogP contribution in [0.4, 0.5) is 4.39 Å². The van der Waals surface area contributed by atoms with Crippen molar-refractivity contribution in [3.8, 4) is 0 Å². The standard InChI is InChI=1S/C15H23FN2/c1-13-5-6-14(15(16)11-13)12-17-7-10-18-8-3-2-4-9-18/h5-6,11,17H,2-4,7-10,12H2,1H3. The van der Waals surface area contributed by atoms with Gasteiger partial charge in [0.05, 0.1) is 0 Å². The van der Waals surface area contributed by atoms with Crippen LogP contribution in [0.5, 0.6) is 0 Å². The van der Waals surface area contributed by atoms with E-state index < -0.39 is 0 Å². The summed E-state index contributed by atoms with van der Waals surface area (Å²) >= 11 is 0. The summed E-state index contributed by atoms with van der Waals surface area (Å²) in [6.07, 6.45) is 4.03. The fourth-order valence-corrected chi connectivity index (χ4v) is 2.44. The first-order valence-corrected chi connectivity index (χ1v) is 6.94. The van der Waals surface area contributed by atoms with Crippen LogP contribution in [0.3, 0.4) is 0 Å². The van der Waals surface area contributed by atoms with Gasteiger partial charge in [0, 0.05) is 25.2 Å². The third kappa shape index (κ3) is 4.07. The molecule has 0 unspecified atom stereocenters. The zero-order chi connectivity index (χ0) is 12.8. The molecule has 18 heavy (non-hydrogen) atoms. The molecule has 1 aliphatic heterocycles. The van der Waals surface area contributed by atoms with Crippen LogP contribution in [-0.2, 0) is 6.54 Å². The average Bonchev–Trinajstić information content (AvgIpc) is 2.38. The van der Waals surface area contributed by atoms with E-state index in [2.05, 4.69) is 10.2 Å². The maximum Gasteiger partial charge on any atom is 0.127 e. The lowest BCUT2D eigenvalue weighted by molar-refractivity contribution is 0.229. The van der Waals surface area contributed by atoms with E-state index in [4.69, 9.17) is 0 Å². The second-order valence-corrected chi connectivity index (χ2v) is 5.17. The van der Waals surface area contributed by atoms with Gasteiger partial charge < -0.3 is 10.2 Å². The predicted molar refractivity (Wildman–Crippen MR) is 73.1 cm³/mol. The Morgan fingerprint density at radius 2 is 2.00 bits per heavy atom. The van der Waals surface area contributed by atoms with Gasteiger partial charge >= 0.3 is 0 Å². The van der Waals surface area contributed by atoms with Crippen molar-refractivity contribution in [2.75, 3.05) is 26.2 Å². The summed E-state index contributed by atoms with van der Waals surface area (Å²) < 4.78 is 13.6. The van der Waals surface area contributed by atoms with Gasteiger partial charge in [-0.1, -0.05) is 18.6 Å². The van der Waals surface area contributed by atoms with Gasteiger partial charge in [0.25, 0.3) is 0 Å². The molecule has 1 aromatic rings. The average molecular weight is 250 g/mol. The largest absolute Gasteiger partial charge is 0.311 e. The van der Waals surface area contributed by atoms with E-state index in [1.165, 1.54) is 32.4 Å². The van der Waals surface area contributed by atoms with Crippen LogP contribution < -0.4 is 5.32 Å². The highest BCUT2D eigenvalue weighted by atomic mass is 19.1. The third-order valence-electron chi connectivity index (χ3n) is 3.58. The summed E-state index contributed by atoms with van der Waals surface area (Å²) in [4.78, 5) is 2.49. The lowest BCUT2D eigenvalue weighted by atomic mass is 10.1. The molecule has 0 atom stereocenters. The normalized spacial score (nSPS) is 17.0. The Labute approximate surface area is 109 Å². The minimum Gasteiger partial charge on any atom is -0.311 e. The Morgan fingerprint density at radius 3 is 2.72 bits per heavy atom. The quantitative estimate of drug-likeness (QED) is 0.808. The van der Waals surface area contributed by atoms with Crippen LogP contribution in [0.1, 0.15) is 30.4 Å². The second kappa shape index (κ2) is 6.86.